The molecule has 0 unspecified atom stereocenters. The van der Waals surface area contributed by atoms with Gasteiger partial charge in [0.2, 0.25) is 5.91 Å². The third-order valence-electron chi connectivity index (χ3n) is 3.06. The first-order chi connectivity index (χ1) is 10.4. The summed E-state index contributed by atoms with van der Waals surface area (Å²) in [7, 11) is 0. The Morgan fingerprint density at radius 3 is 2.64 bits per heavy atom. The Labute approximate surface area is 142 Å². The van der Waals surface area contributed by atoms with Gasteiger partial charge in [-0.1, -0.05) is 22.0 Å². The van der Waals surface area contributed by atoms with Gasteiger partial charge in [-0.15, -0.1) is 0 Å². The van der Waals surface area contributed by atoms with Crippen LogP contribution in [0.25, 0.3) is 10.9 Å². The number of carbonyl (C=O) groups excluding carboxylic acids is 1. The molecule has 0 bridgehead atoms. The molecular formula is C14H12Br2N2O4. The number of carboxylic acid groups (broad SMARTS) is 1. The van der Waals surface area contributed by atoms with Crippen LogP contribution in [0.4, 0.5) is 0 Å². The van der Waals surface area contributed by atoms with Crippen LogP contribution >= 0.6 is 31.9 Å². The molecule has 22 heavy (non-hydrogen) atoms. The summed E-state index contributed by atoms with van der Waals surface area (Å²) >= 11 is 6.65. The van der Waals surface area contributed by atoms with E-state index < -0.39 is 12.0 Å². The molecule has 1 amide bonds. The number of rotatable bonds is 1. The Bertz CT molecular complexity index is 736. The number of aromatic hydroxyl groups is 1. The number of nitrogens with zero attached hydrogens (tertiary/aromatic N) is 1. The molecule has 1 fully saturated rings. The number of phenolic OH excluding ortho intramolecular Hbond substituents is 1. The van der Waals surface area contributed by atoms with Crippen molar-refractivity contribution < 1.29 is 19.8 Å². The Kier molecular flexibility index (Phi) is 5.36. The lowest BCUT2D eigenvalue weighted by molar-refractivity contribution is -0.140. The minimum absolute atomic E-state index is 0.164. The Hall–Kier alpha value is -1.67. The molecule has 1 aliphatic rings. The number of benzene rings is 1. The number of hydrogen-bond donors (Lipinski definition) is 3. The predicted octanol–water partition coefficient (Wildman–Crippen LogP) is 2.81. The molecule has 0 spiro atoms. The first-order valence-corrected chi connectivity index (χ1v) is 7.92. The third kappa shape index (κ3) is 3.75. The van der Waals surface area contributed by atoms with E-state index in [1.54, 1.807) is 12.3 Å². The summed E-state index contributed by atoms with van der Waals surface area (Å²) in [5.41, 5.74) is 0.601. The van der Waals surface area contributed by atoms with Crippen LogP contribution in [0.3, 0.4) is 0 Å². The maximum Gasteiger partial charge on any atom is 0.326 e. The molecule has 0 aliphatic carbocycles. The highest BCUT2D eigenvalue weighted by molar-refractivity contribution is 9.11. The van der Waals surface area contributed by atoms with Crippen LogP contribution in [0.1, 0.15) is 12.8 Å². The molecule has 6 nitrogen and oxygen atoms in total. The highest BCUT2D eigenvalue weighted by Gasteiger charge is 2.26. The van der Waals surface area contributed by atoms with Crippen molar-refractivity contribution in [2.75, 3.05) is 0 Å². The molecule has 116 valence electrons. The summed E-state index contributed by atoms with van der Waals surface area (Å²) < 4.78 is 1.56. The summed E-state index contributed by atoms with van der Waals surface area (Å²) in [5.74, 6) is -0.929. The van der Waals surface area contributed by atoms with Gasteiger partial charge in [0.15, 0.2) is 5.75 Å². The largest absolute Gasteiger partial charge is 0.505 e. The second-order valence-corrected chi connectivity index (χ2v) is 6.29. The highest BCUT2D eigenvalue weighted by Crippen LogP contribution is 2.35. The van der Waals surface area contributed by atoms with E-state index in [4.69, 9.17) is 5.11 Å². The van der Waals surface area contributed by atoms with Gasteiger partial charge in [-0.3, -0.25) is 9.78 Å². The fraction of sp³-hybridized carbons (Fsp3) is 0.214. The molecule has 1 atom stereocenters. The van der Waals surface area contributed by atoms with E-state index in [1.165, 1.54) is 0 Å². The van der Waals surface area contributed by atoms with Crippen molar-refractivity contribution in [1.82, 2.24) is 10.3 Å². The van der Waals surface area contributed by atoms with Crippen molar-refractivity contribution in [3.8, 4) is 5.75 Å². The van der Waals surface area contributed by atoms with Gasteiger partial charge in [-0.25, -0.2) is 4.79 Å². The normalized spacial score (nSPS) is 16.8. The zero-order chi connectivity index (χ0) is 16.3. The summed E-state index contributed by atoms with van der Waals surface area (Å²) in [5, 5.41) is 21.2. The lowest BCUT2D eigenvalue weighted by Crippen LogP contribution is -2.32. The van der Waals surface area contributed by atoms with E-state index in [9.17, 15) is 14.7 Å². The number of nitrogens with one attached hydrogen (secondary N) is 1. The first kappa shape index (κ1) is 16.7. The molecule has 3 N–H and O–H groups in total. The molecule has 1 aromatic heterocycles. The van der Waals surface area contributed by atoms with Crippen LogP contribution in [-0.2, 0) is 9.59 Å². The molecule has 3 rings (SSSR count). The van der Waals surface area contributed by atoms with Crippen molar-refractivity contribution in [2.24, 2.45) is 0 Å². The molecule has 0 saturated carbocycles. The second kappa shape index (κ2) is 7.06. The number of carbonyl (C=O) groups is 2. The Morgan fingerprint density at radius 2 is 2.09 bits per heavy atom. The van der Waals surface area contributed by atoms with E-state index in [-0.39, 0.29) is 11.7 Å². The van der Waals surface area contributed by atoms with E-state index in [1.807, 2.05) is 12.1 Å². The van der Waals surface area contributed by atoms with Gasteiger partial charge >= 0.3 is 5.97 Å². The second-order valence-electron chi connectivity index (χ2n) is 4.59. The van der Waals surface area contributed by atoms with Gasteiger partial charge < -0.3 is 15.5 Å². The van der Waals surface area contributed by atoms with Gasteiger partial charge in [0, 0.05) is 22.5 Å². The van der Waals surface area contributed by atoms with E-state index >= 15 is 0 Å². The summed E-state index contributed by atoms with van der Waals surface area (Å²) in [4.78, 5) is 24.6. The van der Waals surface area contributed by atoms with Gasteiger partial charge in [0.1, 0.15) is 11.6 Å². The molecule has 1 aliphatic heterocycles. The number of halogens is 2. The van der Waals surface area contributed by atoms with Crippen LogP contribution in [0.5, 0.6) is 5.75 Å². The topological polar surface area (TPSA) is 99.5 Å². The van der Waals surface area contributed by atoms with Gasteiger partial charge in [0.25, 0.3) is 0 Å². The van der Waals surface area contributed by atoms with Crippen LogP contribution in [0, 0.1) is 0 Å². The number of carboxylic acids is 1. The molecule has 2 heterocycles. The van der Waals surface area contributed by atoms with Crippen molar-refractivity contribution in [3.63, 3.8) is 0 Å². The van der Waals surface area contributed by atoms with Gasteiger partial charge in [-0.2, -0.15) is 0 Å². The van der Waals surface area contributed by atoms with Crippen LogP contribution < -0.4 is 5.32 Å². The minimum atomic E-state index is -0.944. The first-order valence-electron chi connectivity index (χ1n) is 6.34. The number of aliphatic carboxylic acids is 1. The zero-order valence-corrected chi connectivity index (χ0v) is 14.4. The summed E-state index contributed by atoms with van der Waals surface area (Å²) in [6.45, 7) is 0. The number of phenols is 1. The lowest BCUT2D eigenvalue weighted by Gasteiger charge is -2.03. The molecule has 1 saturated heterocycles. The number of aromatic nitrogens is 1. The number of amides is 1. The maximum atomic E-state index is 10.4. The average molecular weight is 432 g/mol. The monoisotopic (exact) mass is 430 g/mol. The van der Waals surface area contributed by atoms with Crippen molar-refractivity contribution in [3.05, 3.63) is 33.3 Å². The van der Waals surface area contributed by atoms with E-state index in [2.05, 4.69) is 42.2 Å². The van der Waals surface area contributed by atoms with Gasteiger partial charge in [-0.05, 0) is 34.5 Å². The Morgan fingerprint density at radius 1 is 1.36 bits per heavy atom. The van der Waals surface area contributed by atoms with Crippen LogP contribution in [-0.4, -0.2) is 33.1 Å². The molecular weight excluding hydrogens is 420 g/mol. The lowest BCUT2D eigenvalue weighted by atomic mass is 10.2. The van der Waals surface area contributed by atoms with E-state index in [0.717, 1.165) is 9.86 Å². The molecule has 0 radical (unpaired) electrons. The quantitative estimate of drug-likeness (QED) is 0.644. The molecule has 1 aromatic carbocycles. The smallest absolute Gasteiger partial charge is 0.326 e. The van der Waals surface area contributed by atoms with Gasteiger partial charge in [0.05, 0.1) is 4.47 Å². The van der Waals surface area contributed by atoms with Crippen molar-refractivity contribution >= 4 is 54.6 Å². The number of pyridine rings is 1. The SMILES string of the molecule is O=C1CC[C@@H](C(=O)O)N1.Oc1c(Br)cc(Br)c2cccnc12. The highest BCUT2D eigenvalue weighted by atomic mass is 79.9. The fourth-order valence-corrected chi connectivity index (χ4v) is 3.23. The fourth-order valence-electron chi connectivity index (χ4n) is 1.96. The van der Waals surface area contributed by atoms with Crippen LogP contribution in [0.15, 0.2) is 33.3 Å². The number of fused-ring (bicyclic) bond motifs is 1. The molecule has 2 aromatic rings. The minimum Gasteiger partial charge on any atom is -0.505 e. The van der Waals surface area contributed by atoms with E-state index in [0.29, 0.717) is 22.8 Å². The summed E-state index contributed by atoms with van der Waals surface area (Å²) in [6.07, 6.45) is 2.42. The van der Waals surface area contributed by atoms with Crippen molar-refractivity contribution in [2.45, 2.75) is 18.9 Å². The Balaban J connectivity index is 0.000000172. The average Bonchev–Trinajstić information content (AvgIpc) is 2.93. The van der Waals surface area contributed by atoms with Crippen molar-refractivity contribution in [1.29, 1.82) is 0 Å². The molecule has 8 heteroatoms. The third-order valence-corrected chi connectivity index (χ3v) is 4.32. The standard InChI is InChI=1S/C9H5Br2NO.C5H7NO3/c10-6-4-7(11)9(13)8-5(6)2-1-3-12-8;7-4-2-1-3(6-4)5(8)9/h1-4,13H;3H,1-2H2,(H,6,7)(H,8,9)/t;3-/m.0/s1. The summed E-state index contributed by atoms with van der Waals surface area (Å²) in [6, 6.07) is 4.90. The zero-order valence-electron chi connectivity index (χ0n) is 11.2. The maximum absolute atomic E-state index is 10.4. The number of hydrogen-bond acceptors (Lipinski definition) is 4. The van der Waals surface area contributed by atoms with Crippen LogP contribution in [0.2, 0.25) is 0 Å². The predicted molar refractivity (Wildman–Crippen MR) is 87.6 cm³/mol.